The summed E-state index contributed by atoms with van der Waals surface area (Å²) in [7, 11) is 0. The van der Waals surface area contributed by atoms with Crippen LogP contribution < -0.4 is 32.7 Å². The standard InChI is InChI=1S/C25H35BrN8O3/c1-24(2,20(27)35)21(36)30-13-7-12-29-19-18(26)15-31-23(34-19)33-17-9-6-8-16(14-17)32-22(37)25(28)10-4-3-5-11-25/h6,8-9,14-15H,3-5,7,10-13,28H2,1-2H3,(H2,27,35)(H,30,36)(H,32,37)(H2,29,31,33,34). The van der Waals surface area contributed by atoms with Crippen LogP contribution in [0, 0.1) is 5.41 Å². The van der Waals surface area contributed by atoms with Gasteiger partial charge in [0, 0.05) is 30.7 Å². The van der Waals surface area contributed by atoms with Gasteiger partial charge in [-0.15, -0.1) is 0 Å². The largest absolute Gasteiger partial charge is 0.369 e. The number of nitrogens with zero attached hydrogens (tertiary/aromatic N) is 2. The molecule has 3 amide bonds. The second-order valence-electron chi connectivity index (χ2n) is 9.79. The molecule has 1 saturated carbocycles. The van der Waals surface area contributed by atoms with Gasteiger partial charge in [-0.1, -0.05) is 25.3 Å². The lowest BCUT2D eigenvalue weighted by Crippen LogP contribution is -2.52. The van der Waals surface area contributed by atoms with Gasteiger partial charge in [0.05, 0.1) is 10.0 Å². The Morgan fingerprint density at radius 1 is 1.11 bits per heavy atom. The van der Waals surface area contributed by atoms with E-state index in [1.54, 1.807) is 12.3 Å². The van der Waals surface area contributed by atoms with Crippen LogP contribution in [0.4, 0.5) is 23.1 Å². The summed E-state index contributed by atoms with van der Waals surface area (Å²) in [6, 6.07) is 7.30. The fraction of sp³-hybridized carbons (Fsp3) is 0.480. The number of halogens is 1. The number of hydrogen-bond donors (Lipinski definition) is 6. The highest BCUT2D eigenvalue weighted by atomic mass is 79.9. The highest BCUT2D eigenvalue weighted by Gasteiger charge is 2.35. The molecule has 0 bridgehead atoms. The van der Waals surface area contributed by atoms with Gasteiger partial charge in [0.25, 0.3) is 0 Å². The predicted octanol–water partition coefficient (Wildman–Crippen LogP) is 3.01. The van der Waals surface area contributed by atoms with E-state index in [9.17, 15) is 14.4 Å². The monoisotopic (exact) mass is 574 g/mol. The minimum Gasteiger partial charge on any atom is -0.369 e. The number of hydrogen-bond acceptors (Lipinski definition) is 8. The molecule has 3 rings (SSSR count). The van der Waals surface area contributed by atoms with E-state index in [0.29, 0.717) is 60.0 Å². The summed E-state index contributed by atoms with van der Waals surface area (Å²) in [5.74, 6) is -0.298. The van der Waals surface area contributed by atoms with Crippen LogP contribution in [0.25, 0.3) is 0 Å². The first-order valence-corrected chi connectivity index (χ1v) is 13.1. The van der Waals surface area contributed by atoms with Crippen molar-refractivity contribution in [1.82, 2.24) is 15.3 Å². The Morgan fingerprint density at radius 2 is 1.81 bits per heavy atom. The first kappa shape index (κ1) is 28.3. The lowest BCUT2D eigenvalue weighted by Gasteiger charge is -2.31. The molecule has 1 fully saturated rings. The molecule has 0 atom stereocenters. The Hall–Kier alpha value is -3.25. The Kier molecular flexibility index (Phi) is 9.44. The van der Waals surface area contributed by atoms with Crippen LogP contribution >= 0.6 is 15.9 Å². The molecule has 0 aliphatic heterocycles. The fourth-order valence-corrected chi connectivity index (χ4v) is 4.18. The van der Waals surface area contributed by atoms with Gasteiger partial charge in [0.2, 0.25) is 23.7 Å². The van der Waals surface area contributed by atoms with Crippen LogP contribution in [0.1, 0.15) is 52.4 Å². The van der Waals surface area contributed by atoms with Crippen LogP contribution in [0.5, 0.6) is 0 Å². The number of rotatable bonds is 11. The van der Waals surface area contributed by atoms with Gasteiger partial charge in [-0.3, -0.25) is 14.4 Å². The number of aromatic nitrogens is 2. The van der Waals surface area contributed by atoms with Crippen molar-refractivity contribution in [1.29, 1.82) is 0 Å². The zero-order valence-corrected chi connectivity index (χ0v) is 22.8. The summed E-state index contributed by atoms with van der Waals surface area (Å²) in [5.41, 5.74) is 10.9. The van der Waals surface area contributed by atoms with Gasteiger partial charge < -0.3 is 32.7 Å². The number of amides is 3. The van der Waals surface area contributed by atoms with Crippen molar-refractivity contribution < 1.29 is 14.4 Å². The first-order valence-electron chi connectivity index (χ1n) is 12.3. The summed E-state index contributed by atoms with van der Waals surface area (Å²) in [5, 5.41) is 12.0. The molecule has 0 radical (unpaired) electrons. The van der Waals surface area contributed by atoms with Crippen molar-refractivity contribution in [3.63, 3.8) is 0 Å². The second-order valence-corrected chi connectivity index (χ2v) is 10.6. The Morgan fingerprint density at radius 3 is 2.51 bits per heavy atom. The molecule has 0 saturated heterocycles. The van der Waals surface area contributed by atoms with Crippen LogP contribution in [-0.4, -0.2) is 46.3 Å². The Bertz CT molecular complexity index is 1130. The van der Waals surface area contributed by atoms with Crippen molar-refractivity contribution in [2.45, 2.75) is 57.9 Å². The number of benzene rings is 1. The van der Waals surface area contributed by atoms with E-state index in [1.807, 2.05) is 18.2 Å². The molecule has 2 aromatic rings. The number of nitrogens with one attached hydrogen (secondary N) is 4. The molecule has 1 aliphatic carbocycles. The summed E-state index contributed by atoms with van der Waals surface area (Å²) in [4.78, 5) is 45.0. The van der Waals surface area contributed by atoms with Crippen molar-refractivity contribution in [2.75, 3.05) is 29.0 Å². The maximum Gasteiger partial charge on any atom is 0.244 e. The number of primary amides is 1. The molecule has 0 spiro atoms. The normalized spacial score (nSPS) is 14.9. The average molecular weight is 576 g/mol. The summed E-state index contributed by atoms with van der Waals surface area (Å²) in [6.45, 7) is 3.88. The van der Waals surface area contributed by atoms with Crippen molar-refractivity contribution in [2.24, 2.45) is 16.9 Å². The minimum atomic E-state index is -1.26. The van der Waals surface area contributed by atoms with Gasteiger partial charge >= 0.3 is 0 Å². The number of nitrogens with two attached hydrogens (primary N) is 2. The van der Waals surface area contributed by atoms with Gasteiger partial charge in [0.1, 0.15) is 11.2 Å². The van der Waals surface area contributed by atoms with Gasteiger partial charge in [-0.05, 0) is 67.2 Å². The minimum absolute atomic E-state index is 0.162. The zero-order chi connectivity index (χ0) is 27.1. The highest BCUT2D eigenvalue weighted by Crippen LogP contribution is 2.28. The van der Waals surface area contributed by atoms with Crippen molar-refractivity contribution in [3.8, 4) is 0 Å². The predicted molar refractivity (Wildman–Crippen MR) is 147 cm³/mol. The van der Waals surface area contributed by atoms with Crippen LogP contribution in [0.3, 0.4) is 0 Å². The second kappa shape index (κ2) is 12.3. The van der Waals surface area contributed by atoms with Crippen LogP contribution in [0.2, 0.25) is 0 Å². The first-order chi connectivity index (χ1) is 17.5. The lowest BCUT2D eigenvalue weighted by atomic mass is 9.82. The lowest BCUT2D eigenvalue weighted by molar-refractivity contribution is -0.139. The molecule has 1 aliphatic rings. The number of carbonyl (C=O) groups is 3. The molecular weight excluding hydrogens is 540 g/mol. The molecule has 1 aromatic carbocycles. The third-order valence-corrected chi connectivity index (χ3v) is 7.01. The summed E-state index contributed by atoms with van der Waals surface area (Å²) in [6.07, 6.45) is 6.65. The van der Waals surface area contributed by atoms with Crippen molar-refractivity contribution in [3.05, 3.63) is 34.9 Å². The maximum atomic E-state index is 12.8. The number of anilines is 4. The van der Waals surface area contributed by atoms with Crippen LogP contribution in [-0.2, 0) is 14.4 Å². The SMILES string of the molecule is CC(C)(C(N)=O)C(=O)NCCCNc1nc(Nc2cccc(NC(=O)C3(N)CCCCC3)c2)ncc1Br. The third-order valence-electron chi connectivity index (χ3n) is 6.43. The fourth-order valence-electron chi connectivity index (χ4n) is 3.85. The Balaban J connectivity index is 1.54. The van der Waals surface area contributed by atoms with E-state index in [2.05, 4.69) is 47.2 Å². The van der Waals surface area contributed by atoms with Gasteiger partial charge in [-0.2, -0.15) is 4.98 Å². The molecule has 37 heavy (non-hydrogen) atoms. The molecular formula is C25H35BrN8O3. The third kappa shape index (κ3) is 7.62. The van der Waals surface area contributed by atoms with E-state index in [-0.39, 0.29) is 5.91 Å². The van der Waals surface area contributed by atoms with E-state index in [1.165, 1.54) is 13.8 Å². The molecule has 0 unspecified atom stereocenters. The van der Waals surface area contributed by atoms with Crippen molar-refractivity contribution >= 4 is 56.8 Å². The summed E-state index contributed by atoms with van der Waals surface area (Å²) >= 11 is 3.44. The quantitative estimate of drug-likeness (QED) is 0.175. The smallest absolute Gasteiger partial charge is 0.244 e. The van der Waals surface area contributed by atoms with Gasteiger partial charge in [-0.25, -0.2) is 4.98 Å². The van der Waals surface area contributed by atoms with E-state index < -0.39 is 22.8 Å². The Labute approximate surface area is 225 Å². The van der Waals surface area contributed by atoms with E-state index in [4.69, 9.17) is 11.5 Å². The van der Waals surface area contributed by atoms with E-state index >= 15 is 0 Å². The van der Waals surface area contributed by atoms with Gasteiger partial charge in [0.15, 0.2) is 0 Å². The molecule has 12 heteroatoms. The molecule has 1 heterocycles. The topological polar surface area (TPSA) is 177 Å². The van der Waals surface area contributed by atoms with E-state index in [0.717, 1.165) is 19.3 Å². The molecule has 8 N–H and O–H groups in total. The zero-order valence-electron chi connectivity index (χ0n) is 21.2. The number of carbonyl (C=O) groups excluding carboxylic acids is 3. The summed E-state index contributed by atoms with van der Waals surface area (Å²) < 4.78 is 0.679. The maximum absolute atomic E-state index is 12.8. The average Bonchev–Trinajstić information content (AvgIpc) is 2.86. The highest BCUT2D eigenvalue weighted by molar-refractivity contribution is 9.10. The van der Waals surface area contributed by atoms with Crippen LogP contribution in [0.15, 0.2) is 34.9 Å². The molecule has 11 nitrogen and oxygen atoms in total. The molecule has 200 valence electrons. The molecule has 1 aromatic heterocycles.